The maximum Gasteiger partial charge on any atom is 0.347 e. The molecule has 1 heterocycles. The van der Waals surface area contributed by atoms with Crippen LogP contribution in [0.2, 0.25) is 0 Å². The third-order valence-corrected chi connectivity index (χ3v) is 1.76. The van der Waals surface area contributed by atoms with Crippen LogP contribution in [-0.2, 0) is 16.1 Å². The summed E-state index contributed by atoms with van der Waals surface area (Å²) in [4.78, 5) is 26.2. The number of aromatic nitrogens is 2. The van der Waals surface area contributed by atoms with E-state index in [1.165, 1.54) is 10.8 Å². The van der Waals surface area contributed by atoms with Crippen molar-refractivity contribution in [2.45, 2.75) is 39.3 Å². The quantitative estimate of drug-likeness (QED) is 0.718. The van der Waals surface area contributed by atoms with Crippen LogP contribution < -0.4 is 5.69 Å². The molecule has 1 aromatic rings. The van der Waals surface area contributed by atoms with E-state index in [1.807, 2.05) is 0 Å². The Morgan fingerprint density at radius 3 is 2.75 bits per heavy atom. The first kappa shape index (κ1) is 12.4. The van der Waals surface area contributed by atoms with Crippen molar-refractivity contribution in [3.05, 3.63) is 28.9 Å². The molecular weight excluding hydrogens is 208 g/mol. The SMILES string of the molecule is CC(C)(C)OC(=O)CCn1cccnc1=O. The van der Waals surface area contributed by atoms with Crippen molar-refractivity contribution < 1.29 is 9.53 Å². The molecule has 0 atom stereocenters. The van der Waals surface area contributed by atoms with E-state index in [9.17, 15) is 9.59 Å². The predicted octanol–water partition coefficient (Wildman–Crippen LogP) is 0.975. The molecule has 5 heteroatoms. The third kappa shape index (κ3) is 4.25. The second kappa shape index (κ2) is 4.92. The second-order valence-corrected chi connectivity index (χ2v) is 4.43. The molecule has 0 aliphatic heterocycles. The molecule has 1 aromatic heterocycles. The van der Waals surface area contributed by atoms with E-state index in [0.717, 1.165) is 0 Å². The Balaban J connectivity index is 2.50. The number of esters is 1. The molecule has 0 aliphatic rings. The molecule has 0 fully saturated rings. The van der Waals surface area contributed by atoms with Gasteiger partial charge in [-0.05, 0) is 26.8 Å². The number of aryl methyl sites for hydroxylation is 1. The molecule has 0 saturated carbocycles. The molecule has 0 saturated heterocycles. The molecule has 0 unspecified atom stereocenters. The van der Waals surface area contributed by atoms with Crippen LogP contribution in [0.1, 0.15) is 27.2 Å². The highest BCUT2D eigenvalue weighted by molar-refractivity contribution is 5.69. The smallest absolute Gasteiger partial charge is 0.347 e. The van der Waals surface area contributed by atoms with Gasteiger partial charge in [0.15, 0.2) is 0 Å². The van der Waals surface area contributed by atoms with Gasteiger partial charge >= 0.3 is 11.7 Å². The van der Waals surface area contributed by atoms with E-state index in [-0.39, 0.29) is 18.1 Å². The molecule has 88 valence electrons. The molecule has 0 radical (unpaired) electrons. The Kier molecular flexibility index (Phi) is 3.82. The van der Waals surface area contributed by atoms with Gasteiger partial charge in [-0.1, -0.05) is 0 Å². The lowest BCUT2D eigenvalue weighted by atomic mass is 10.2. The van der Waals surface area contributed by atoms with Crippen LogP contribution in [0, 0.1) is 0 Å². The largest absolute Gasteiger partial charge is 0.460 e. The molecule has 0 spiro atoms. The third-order valence-electron chi connectivity index (χ3n) is 1.76. The Labute approximate surface area is 94.1 Å². The van der Waals surface area contributed by atoms with Crippen molar-refractivity contribution in [3.63, 3.8) is 0 Å². The number of ether oxygens (including phenoxy) is 1. The zero-order chi connectivity index (χ0) is 12.2. The molecular formula is C11H16N2O3. The van der Waals surface area contributed by atoms with E-state index < -0.39 is 5.60 Å². The first-order valence-electron chi connectivity index (χ1n) is 5.12. The first-order valence-corrected chi connectivity index (χ1v) is 5.12. The molecule has 0 amide bonds. The number of carbonyl (C=O) groups is 1. The van der Waals surface area contributed by atoms with E-state index in [2.05, 4.69) is 4.98 Å². The topological polar surface area (TPSA) is 61.2 Å². The van der Waals surface area contributed by atoms with Gasteiger partial charge < -0.3 is 4.74 Å². The Morgan fingerprint density at radius 1 is 1.50 bits per heavy atom. The molecule has 0 aliphatic carbocycles. The van der Waals surface area contributed by atoms with Crippen molar-refractivity contribution in [2.24, 2.45) is 0 Å². The molecule has 1 rings (SSSR count). The summed E-state index contributed by atoms with van der Waals surface area (Å²) in [5.41, 5.74) is -0.845. The minimum atomic E-state index is -0.489. The van der Waals surface area contributed by atoms with Gasteiger partial charge in [0.1, 0.15) is 5.60 Å². The van der Waals surface area contributed by atoms with Crippen molar-refractivity contribution in [2.75, 3.05) is 0 Å². The van der Waals surface area contributed by atoms with Gasteiger partial charge in [0, 0.05) is 18.9 Å². The van der Waals surface area contributed by atoms with Gasteiger partial charge in [-0.3, -0.25) is 9.36 Å². The average Bonchev–Trinajstić information content (AvgIpc) is 2.14. The van der Waals surface area contributed by atoms with Crippen molar-refractivity contribution >= 4 is 5.97 Å². The average molecular weight is 224 g/mol. The second-order valence-electron chi connectivity index (χ2n) is 4.43. The molecule has 16 heavy (non-hydrogen) atoms. The zero-order valence-electron chi connectivity index (χ0n) is 9.77. The Hall–Kier alpha value is -1.65. The number of nitrogens with zero attached hydrogens (tertiary/aromatic N) is 2. The standard InChI is InChI=1S/C11H16N2O3/c1-11(2,3)16-9(14)5-8-13-7-4-6-12-10(13)15/h4,6-7H,5,8H2,1-3H3. The van der Waals surface area contributed by atoms with Gasteiger partial charge in [0.05, 0.1) is 6.42 Å². The number of hydrogen-bond donors (Lipinski definition) is 0. The summed E-state index contributed by atoms with van der Waals surface area (Å²) in [6.45, 7) is 5.71. The van der Waals surface area contributed by atoms with Crippen LogP contribution in [0.15, 0.2) is 23.3 Å². The van der Waals surface area contributed by atoms with Crippen LogP contribution in [0.25, 0.3) is 0 Å². The highest BCUT2D eigenvalue weighted by Gasteiger charge is 2.15. The summed E-state index contributed by atoms with van der Waals surface area (Å²) >= 11 is 0. The maximum absolute atomic E-state index is 11.4. The predicted molar refractivity (Wildman–Crippen MR) is 59.0 cm³/mol. The lowest BCUT2D eigenvalue weighted by Gasteiger charge is -2.19. The fourth-order valence-corrected chi connectivity index (χ4v) is 1.16. The van der Waals surface area contributed by atoms with E-state index in [0.29, 0.717) is 6.54 Å². The zero-order valence-corrected chi connectivity index (χ0v) is 9.77. The first-order chi connectivity index (χ1) is 7.38. The van der Waals surface area contributed by atoms with Crippen LogP contribution in [0.4, 0.5) is 0 Å². The Bertz CT molecular complexity index is 418. The fourth-order valence-electron chi connectivity index (χ4n) is 1.16. The monoisotopic (exact) mass is 224 g/mol. The van der Waals surface area contributed by atoms with Crippen molar-refractivity contribution in [1.29, 1.82) is 0 Å². The number of hydrogen-bond acceptors (Lipinski definition) is 4. The van der Waals surface area contributed by atoms with Gasteiger partial charge in [-0.25, -0.2) is 9.78 Å². The highest BCUT2D eigenvalue weighted by atomic mass is 16.6. The number of rotatable bonds is 3. The summed E-state index contributed by atoms with van der Waals surface area (Å²) in [6, 6.07) is 1.65. The lowest BCUT2D eigenvalue weighted by Crippen LogP contribution is -2.27. The fraction of sp³-hybridized carbons (Fsp3) is 0.545. The van der Waals surface area contributed by atoms with Crippen LogP contribution >= 0.6 is 0 Å². The minimum Gasteiger partial charge on any atom is -0.460 e. The van der Waals surface area contributed by atoms with Gasteiger partial charge in [-0.2, -0.15) is 0 Å². The minimum absolute atomic E-state index is 0.170. The summed E-state index contributed by atoms with van der Waals surface area (Å²) in [7, 11) is 0. The number of carbonyl (C=O) groups excluding carboxylic acids is 1. The molecule has 0 N–H and O–H groups in total. The van der Waals surface area contributed by atoms with E-state index in [4.69, 9.17) is 4.74 Å². The van der Waals surface area contributed by atoms with Gasteiger partial charge in [-0.15, -0.1) is 0 Å². The highest BCUT2D eigenvalue weighted by Crippen LogP contribution is 2.08. The van der Waals surface area contributed by atoms with E-state index in [1.54, 1.807) is 33.0 Å². The van der Waals surface area contributed by atoms with Crippen LogP contribution in [0.3, 0.4) is 0 Å². The molecule has 5 nitrogen and oxygen atoms in total. The lowest BCUT2D eigenvalue weighted by molar-refractivity contribution is -0.155. The summed E-state index contributed by atoms with van der Waals surface area (Å²) in [5.74, 6) is -0.316. The van der Waals surface area contributed by atoms with E-state index >= 15 is 0 Å². The van der Waals surface area contributed by atoms with Crippen LogP contribution in [-0.4, -0.2) is 21.1 Å². The van der Waals surface area contributed by atoms with Crippen molar-refractivity contribution in [3.8, 4) is 0 Å². The molecule has 0 bridgehead atoms. The molecule has 0 aromatic carbocycles. The van der Waals surface area contributed by atoms with Crippen molar-refractivity contribution in [1.82, 2.24) is 9.55 Å². The Morgan fingerprint density at radius 2 is 2.19 bits per heavy atom. The summed E-state index contributed by atoms with van der Waals surface area (Å²) in [6.07, 6.45) is 3.19. The summed E-state index contributed by atoms with van der Waals surface area (Å²) < 4.78 is 6.50. The van der Waals surface area contributed by atoms with Gasteiger partial charge in [0.25, 0.3) is 0 Å². The summed E-state index contributed by atoms with van der Waals surface area (Å²) in [5, 5.41) is 0. The normalized spacial score (nSPS) is 11.2. The van der Waals surface area contributed by atoms with Crippen LogP contribution in [0.5, 0.6) is 0 Å². The maximum atomic E-state index is 11.4. The van der Waals surface area contributed by atoms with Gasteiger partial charge in [0.2, 0.25) is 0 Å².